The van der Waals surface area contributed by atoms with Gasteiger partial charge in [0.15, 0.2) is 0 Å². The smallest absolute Gasteiger partial charge is 0.233 e. The van der Waals surface area contributed by atoms with Crippen LogP contribution in [0, 0.1) is 5.82 Å². The maximum atomic E-state index is 13.0. The minimum Gasteiger partial charge on any atom is -0.281 e. The monoisotopic (exact) mass is 253 g/mol. The lowest BCUT2D eigenvalue weighted by molar-refractivity contribution is -0.130. The van der Waals surface area contributed by atoms with Crippen molar-refractivity contribution in [2.45, 2.75) is 13.5 Å². The van der Waals surface area contributed by atoms with Gasteiger partial charge in [-0.2, -0.15) is 0 Å². The third-order valence-corrected chi connectivity index (χ3v) is 3.35. The van der Waals surface area contributed by atoms with E-state index in [9.17, 15) is 9.18 Å². The number of thiazole rings is 1. The molecule has 1 heterocycles. The van der Waals surface area contributed by atoms with Crippen molar-refractivity contribution in [2.75, 3.05) is 7.05 Å². The second kappa shape index (κ2) is 4.77. The van der Waals surface area contributed by atoms with E-state index in [1.54, 1.807) is 13.1 Å². The van der Waals surface area contributed by atoms with Gasteiger partial charge in [0, 0.05) is 14.0 Å². The Labute approximate surface area is 102 Å². The van der Waals surface area contributed by atoms with Crippen LogP contribution in [0.4, 0.5) is 4.39 Å². The van der Waals surface area contributed by atoms with Crippen molar-refractivity contribution in [3.63, 3.8) is 0 Å². The second-order valence-corrected chi connectivity index (χ2v) is 4.75. The zero-order chi connectivity index (χ0) is 12.4. The van der Waals surface area contributed by atoms with Crippen molar-refractivity contribution < 1.29 is 9.18 Å². The summed E-state index contributed by atoms with van der Waals surface area (Å²) >= 11 is 1.41. The average molecular weight is 253 g/mol. The van der Waals surface area contributed by atoms with Crippen molar-refractivity contribution in [3.8, 4) is 0 Å². The summed E-state index contributed by atoms with van der Waals surface area (Å²) in [5.74, 6) is -0.335. The molecule has 0 bridgehead atoms. The number of carbonyl (C=O) groups excluding carboxylic acids is 1. The van der Waals surface area contributed by atoms with Crippen molar-refractivity contribution in [1.29, 1.82) is 0 Å². The molecule has 0 fully saturated rings. The van der Waals surface area contributed by atoms with E-state index in [1.807, 2.05) is 0 Å². The third-order valence-electron chi connectivity index (χ3n) is 2.33. The molecule has 0 unspecified atom stereocenters. The first-order chi connectivity index (χ1) is 8.06. The number of benzene rings is 1. The Balaban J connectivity index is 2.12. The number of halogens is 1. The molecule has 1 aromatic carbocycles. The lowest BCUT2D eigenvalue weighted by atomic mass is 10.3. The fourth-order valence-corrected chi connectivity index (χ4v) is 2.24. The topological polar surface area (TPSA) is 45.2 Å². The number of fused-ring (bicyclic) bond motifs is 1. The Morgan fingerprint density at radius 1 is 1.59 bits per heavy atom. The number of rotatable bonds is 3. The molecule has 0 saturated carbocycles. The predicted molar refractivity (Wildman–Crippen MR) is 64.9 cm³/mol. The Hall–Kier alpha value is -1.53. The number of aromatic nitrogens is 1. The van der Waals surface area contributed by atoms with Crippen LogP contribution >= 0.6 is 11.3 Å². The molecule has 0 aliphatic rings. The molecular formula is C11H12FN3OS. The first-order valence-corrected chi connectivity index (χ1v) is 5.90. The van der Waals surface area contributed by atoms with Gasteiger partial charge in [0.05, 0.1) is 16.8 Å². The molecule has 0 aliphatic carbocycles. The molecule has 0 aliphatic heterocycles. The quantitative estimate of drug-likeness (QED) is 0.850. The summed E-state index contributed by atoms with van der Waals surface area (Å²) in [6, 6.07) is 4.51. The van der Waals surface area contributed by atoms with E-state index in [0.717, 1.165) is 15.2 Å². The van der Waals surface area contributed by atoms with E-state index in [-0.39, 0.29) is 11.7 Å². The van der Waals surface area contributed by atoms with Gasteiger partial charge in [-0.3, -0.25) is 9.80 Å². The van der Waals surface area contributed by atoms with Gasteiger partial charge in [0.2, 0.25) is 5.91 Å². The van der Waals surface area contributed by atoms with Gasteiger partial charge in [0.1, 0.15) is 10.8 Å². The molecule has 2 aromatic rings. The van der Waals surface area contributed by atoms with Gasteiger partial charge in [-0.15, -0.1) is 11.3 Å². The number of nitrogens with zero attached hydrogens (tertiary/aromatic N) is 2. The molecule has 0 saturated heterocycles. The highest BCUT2D eigenvalue weighted by atomic mass is 32.1. The lowest BCUT2D eigenvalue weighted by Gasteiger charge is -2.14. The van der Waals surface area contributed by atoms with Crippen LogP contribution in [0.3, 0.4) is 0 Å². The van der Waals surface area contributed by atoms with Crippen LogP contribution in [-0.4, -0.2) is 22.9 Å². The highest BCUT2D eigenvalue weighted by Crippen LogP contribution is 2.22. The first-order valence-electron chi connectivity index (χ1n) is 5.09. The molecule has 90 valence electrons. The van der Waals surface area contributed by atoms with Gasteiger partial charge in [-0.05, 0) is 18.2 Å². The van der Waals surface area contributed by atoms with Gasteiger partial charge in [-0.1, -0.05) is 0 Å². The normalized spacial score (nSPS) is 10.8. The predicted octanol–water partition coefficient (Wildman–Crippen LogP) is 1.92. The van der Waals surface area contributed by atoms with E-state index >= 15 is 0 Å². The van der Waals surface area contributed by atoms with Crippen molar-refractivity contribution in [3.05, 3.63) is 29.0 Å². The summed E-state index contributed by atoms with van der Waals surface area (Å²) in [5.41, 5.74) is 3.69. The molecule has 0 atom stereocenters. The molecule has 4 nitrogen and oxygen atoms in total. The molecule has 1 N–H and O–H groups in total. The zero-order valence-electron chi connectivity index (χ0n) is 9.53. The highest BCUT2D eigenvalue weighted by Gasteiger charge is 2.06. The summed E-state index contributed by atoms with van der Waals surface area (Å²) in [4.78, 5) is 15.3. The van der Waals surface area contributed by atoms with E-state index in [1.165, 1.54) is 35.4 Å². The van der Waals surface area contributed by atoms with E-state index in [2.05, 4.69) is 10.4 Å². The van der Waals surface area contributed by atoms with E-state index < -0.39 is 0 Å². The van der Waals surface area contributed by atoms with Crippen molar-refractivity contribution in [1.82, 2.24) is 15.4 Å². The third kappa shape index (κ3) is 2.78. The molecule has 2 rings (SSSR count). The van der Waals surface area contributed by atoms with Crippen LogP contribution in [0.1, 0.15) is 11.9 Å². The summed E-state index contributed by atoms with van der Waals surface area (Å²) in [5, 5.41) is 2.21. The number of carbonyl (C=O) groups is 1. The zero-order valence-corrected chi connectivity index (χ0v) is 10.3. The lowest BCUT2D eigenvalue weighted by Crippen LogP contribution is -2.37. The summed E-state index contributed by atoms with van der Waals surface area (Å²) in [6.07, 6.45) is 0. The van der Waals surface area contributed by atoms with Gasteiger partial charge < -0.3 is 0 Å². The number of hydrogen-bond donors (Lipinski definition) is 1. The van der Waals surface area contributed by atoms with Crippen LogP contribution < -0.4 is 5.43 Å². The highest BCUT2D eigenvalue weighted by molar-refractivity contribution is 7.18. The molecule has 6 heteroatoms. The van der Waals surface area contributed by atoms with Crippen molar-refractivity contribution >= 4 is 27.5 Å². The maximum Gasteiger partial charge on any atom is 0.233 e. The van der Waals surface area contributed by atoms with Gasteiger partial charge in [-0.25, -0.2) is 14.8 Å². The fourth-order valence-electron chi connectivity index (χ4n) is 1.32. The van der Waals surface area contributed by atoms with Gasteiger partial charge >= 0.3 is 0 Å². The van der Waals surface area contributed by atoms with E-state index in [0.29, 0.717) is 6.54 Å². The van der Waals surface area contributed by atoms with Crippen LogP contribution in [0.15, 0.2) is 18.2 Å². The molecular weight excluding hydrogens is 241 g/mol. The van der Waals surface area contributed by atoms with Crippen LogP contribution in [0.2, 0.25) is 0 Å². The first kappa shape index (κ1) is 11.9. The Morgan fingerprint density at radius 2 is 2.35 bits per heavy atom. The van der Waals surface area contributed by atoms with Gasteiger partial charge in [0.25, 0.3) is 0 Å². The number of hydrogen-bond acceptors (Lipinski definition) is 4. The van der Waals surface area contributed by atoms with Crippen LogP contribution in [0.5, 0.6) is 0 Å². The Kier molecular flexibility index (Phi) is 3.35. The summed E-state index contributed by atoms with van der Waals surface area (Å²) < 4.78 is 13.8. The standard InChI is InChI=1S/C11H12FN3OS/c1-7(16)15(2)13-6-11-14-9-4-3-8(12)5-10(9)17-11/h3-5,13H,6H2,1-2H3. The molecule has 0 spiro atoms. The SMILES string of the molecule is CC(=O)N(C)NCc1nc2ccc(F)cc2s1. The van der Waals surface area contributed by atoms with E-state index in [4.69, 9.17) is 0 Å². The van der Waals surface area contributed by atoms with Crippen LogP contribution in [-0.2, 0) is 11.3 Å². The average Bonchev–Trinajstić information content (AvgIpc) is 2.67. The number of hydrazine groups is 1. The van der Waals surface area contributed by atoms with Crippen LogP contribution in [0.25, 0.3) is 10.2 Å². The summed E-state index contributed by atoms with van der Waals surface area (Å²) in [7, 11) is 1.65. The maximum absolute atomic E-state index is 13.0. The molecule has 17 heavy (non-hydrogen) atoms. The number of amides is 1. The minimum absolute atomic E-state index is 0.0721. The van der Waals surface area contributed by atoms with Crippen molar-refractivity contribution in [2.24, 2.45) is 0 Å². The minimum atomic E-state index is -0.262. The molecule has 0 radical (unpaired) electrons. The molecule has 1 aromatic heterocycles. The number of nitrogens with one attached hydrogen (secondary N) is 1. The second-order valence-electron chi connectivity index (χ2n) is 3.63. The fraction of sp³-hybridized carbons (Fsp3) is 0.273. The molecule has 1 amide bonds. The Morgan fingerprint density at radius 3 is 3.06 bits per heavy atom. The Bertz CT molecular complexity index is 555. The summed E-state index contributed by atoms with van der Waals surface area (Å²) in [6.45, 7) is 1.93. The largest absolute Gasteiger partial charge is 0.281 e.